The minimum atomic E-state index is -0.480. The molecule has 1 N–H and O–H groups in total. The van der Waals surface area contributed by atoms with Crippen LogP contribution in [0.4, 0.5) is 0 Å². The van der Waals surface area contributed by atoms with Crippen LogP contribution in [0, 0.1) is 6.92 Å². The highest BCUT2D eigenvalue weighted by Crippen LogP contribution is 2.22. The van der Waals surface area contributed by atoms with Gasteiger partial charge in [-0.3, -0.25) is 9.59 Å². The molecular formula is C25H33ClN2O2S. The van der Waals surface area contributed by atoms with Gasteiger partial charge in [-0.25, -0.2) is 0 Å². The number of nitrogens with zero attached hydrogens (tertiary/aromatic N) is 1. The van der Waals surface area contributed by atoms with Gasteiger partial charge in [0, 0.05) is 23.9 Å². The Hall–Kier alpha value is -1.98. The number of rotatable bonds is 12. The summed E-state index contributed by atoms with van der Waals surface area (Å²) in [7, 11) is 0. The third kappa shape index (κ3) is 8.23. The van der Waals surface area contributed by atoms with Crippen molar-refractivity contribution < 1.29 is 9.59 Å². The van der Waals surface area contributed by atoms with Crippen LogP contribution in [0.3, 0.4) is 0 Å². The Balaban J connectivity index is 2.10. The van der Waals surface area contributed by atoms with Gasteiger partial charge in [0.2, 0.25) is 11.8 Å². The summed E-state index contributed by atoms with van der Waals surface area (Å²) in [6, 6.07) is 15.3. The zero-order chi connectivity index (χ0) is 22.6. The van der Waals surface area contributed by atoms with Crippen molar-refractivity contribution in [3.05, 3.63) is 70.2 Å². The maximum Gasteiger partial charge on any atom is 0.242 e. The van der Waals surface area contributed by atoms with E-state index in [4.69, 9.17) is 11.6 Å². The number of carbonyl (C=O) groups excluding carboxylic acids is 2. The molecule has 31 heavy (non-hydrogen) atoms. The van der Waals surface area contributed by atoms with E-state index in [2.05, 4.69) is 12.2 Å². The van der Waals surface area contributed by atoms with Crippen LogP contribution in [0.15, 0.2) is 48.5 Å². The molecule has 1 atom stereocenters. The van der Waals surface area contributed by atoms with Crippen molar-refractivity contribution in [1.82, 2.24) is 10.2 Å². The van der Waals surface area contributed by atoms with E-state index in [1.807, 2.05) is 62.4 Å². The second-order valence-electron chi connectivity index (χ2n) is 7.66. The second-order valence-corrected chi connectivity index (χ2v) is 9.05. The number of benzene rings is 2. The van der Waals surface area contributed by atoms with Crippen LogP contribution in [0.1, 0.15) is 49.8 Å². The molecule has 2 rings (SSSR count). The van der Waals surface area contributed by atoms with Crippen LogP contribution in [0.25, 0.3) is 0 Å². The van der Waals surface area contributed by atoms with Gasteiger partial charge in [0.05, 0.1) is 5.75 Å². The summed E-state index contributed by atoms with van der Waals surface area (Å²) < 4.78 is 0. The minimum absolute atomic E-state index is 0.0323. The molecule has 0 saturated heterocycles. The van der Waals surface area contributed by atoms with Crippen molar-refractivity contribution in [3.8, 4) is 0 Å². The summed E-state index contributed by atoms with van der Waals surface area (Å²) in [6.07, 6.45) is 2.52. The fraction of sp³-hybridized carbons (Fsp3) is 0.440. The van der Waals surface area contributed by atoms with Gasteiger partial charge in [-0.05, 0) is 37.0 Å². The normalized spacial score (nSPS) is 11.7. The molecule has 6 heteroatoms. The molecule has 0 fully saturated rings. The lowest BCUT2D eigenvalue weighted by atomic mass is 10.1. The fourth-order valence-corrected chi connectivity index (χ4v) is 4.46. The monoisotopic (exact) mass is 460 g/mol. The van der Waals surface area contributed by atoms with Crippen LogP contribution in [-0.2, 0) is 21.9 Å². The number of carbonyl (C=O) groups is 2. The Kier molecular flexibility index (Phi) is 11.0. The smallest absolute Gasteiger partial charge is 0.242 e. The molecule has 0 unspecified atom stereocenters. The average molecular weight is 461 g/mol. The van der Waals surface area contributed by atoms with Crippen molar-refractivity contribution in [2.75, 3.05) is 12.3 Å². The molecule has 0 spiro atoms. The first kappa shape index (κ1) is 25.3. The van der Waals surface area contributed by atoms with E-state index >= 15 is 0 Å². The standard InChI is InChI=1S/C25H33ClN2O2S/c1-4-6-15-27-25(30)23(5-2)28(16-20-13-11-19(3)12-14-20)24(29)18-31-17-21-9-7-8-10-22(21)26/h7-14,23H,4-6,15-18H2,1-3H3,(H,27,30)/t23-/m1/s1. The number of thioether (sulfide) groups is 1. The van der Waals surface area contributed by atoms with E-state index in [1.165, 1.54) is 17.3 Å². The van der Waals surface area contributed by atoms with Crippen LogP contribution in [0.5, 0.6) is 0 Å². The Bertz CT molecular complexity index is 842. The molecule has 0 heterocycles. The lowest BCUT2D eigenvalue weighted by molar-refractivity contribution is -0.139. The van der Waals surface area contributed by atoms with Crippen LogP contribution >= 0.6 is 23.4 Å². The molecule has 4 nitrogen and oxygen atoms in total. The zero-order valence-corrected chi connectivity index (χ0v) is 20.3. The second kappa shape index (κ2) is 13.4. The number of halogens is 1. The Labute approximate surface area is 195 Å². The molecule has 2 aromatic carbocycles. The van der Waals surface area contributed by atoms with Gasteiger partial charge in [0.1, 0.15) is 6.04 Å². The van der Waals surface area contributed by atoms with Crippen molar-refractivity contribution in [2.24, 2.45) is 0 Å². The van der Waals surface area contributed by atoms with E-state index in [9.17, 15) is 9.59 Å². The summed E-state index contributed by atoms with van der Waals surface area (Å²) in [6.45, 7) is 7.14. The molecule has 0 bridgehead atoms. The quantitative estimate of drug-likeness (QED) is 0.419. The van der Waals surface area contributed by atoms with Crippen molar-refractivity contribution in [3.63, 3.8) is 0 Å². The highest BCUT2D eigenvalue weighted by Gasteiger charge is 2.28. The van der Waals surface area contributed by atoms with E-state index < -0.39 is 6.04 Å². The topological polar surface area (TPSA) is 49.4 Å². The zero-order valence-electron chi connectivity index (χ0n) is 18.7. The van der Waals surface area contributed by atoms with Gasteiger partial charge in [-0.15, -0.1) is 11.8 Å². The summed E-state index contributed by atoms with van der Waals surface area (Å²) in [5, 5.41) is 3.71. The predicted molar refractivity (Wildman–Crippen MR) is 131 cm³/mol. The molecular weight excluding hydrogens is 428 g/mol. The predicted octanol–water partition coefficient (Wildman–Crippen LogP) is 5.61. The average Bonchev–Trinajstić information content (AvgIpc) is 2.76. The van der Waals surface area contributed by atoms with E-state index in [1.54, 1.807) is 4.90 Å². The fourth-order valence-electron chi connectivity index (χ4n) is 3.26. The third-order valence-corrected chi connectivity index (χ3v) is 6.46. The van der Waals surface area contributed by atoms with Gasteiger partial charge in [0.25, 0.3) is 0 Å². The Morgan fingerprint density at radius 3 is 2.45 bits per heavy atom. The van der Waals surface area contributed by atoms with Gasteiger partial charge in [-0.2, -0.15) is 0 Å². The number of hydrogen-bond donors (Lipinski definition) is 1. The maximum absolute atomic E-state index is 13.2. The first-order valence-electron chi connectivity index (χ1n) is 10.9. The van der Waals surface area contributed by atoms with Gasteiger partial charge < -0.3 is 10.2 Å². The molecule has 168 valence electrons. The van der Waals surface area contributed by atoms with E-state index in [0.29, 0.717) is 36.0 Å². The summed E-state index contributed by atoms with van der Waals surface area (Å²) in [4.78, 5) is 27.8. The first-order valence-corrected chi connectivity index (χ1v) is 12.4. The summed E-state index contributed by atoms with van der Waals surface area (Å²) in [5.74, 6) is 0.849. The Morgan fingerprint density at radius 2 is 1.81 bits per heavy atom. The minimum Gasteiger partial charge on any atom is -0.354 e. The number of aryl methyl sites for hydroxylation is 1. The van der Waals surface area contributed by atoms with Gasteiger partial charge >= 0.3 is 0 Å². The number of nitrogens with one attached hydrogen (secondary N) is 1. The number of amides is 2. The largest absolute Gasteiger partial charge is 0.354 e. The summed E-state index contributed by atoms with van der Waals surface area (Å²) in [5.41, 5.74) is 3.20. The lowest BCUT2D eigenvalue weighted by Crippen LogP contribution is -2.49. The Morgan fingerprint density at radius 1 is 1.10 bits per heavy atom. The van der Waals surface area contributed by atoms with Crippen LogP contribution in [-0.4, -0.2) is 35.1 Å². The van der Waals surface area contributed by atoms with Crippen molar-refractivity contribution >= 4 is 35.2 Å². The molecule has 0 saturated carbocycles. The number of unbranched alkanes of at least 4 members (excludes halogenated alkanes) is 1. The third-order valence-electron chi connectivity index (χ3n) is 5.13. The van der Waals surface area contributed by atoms with Gasteiger partial charge in [0.15, 0.2) is 0 Å². The van der Waals surface area contributed by atoms with E-state index in [0.717, 1.165) is 24.0 Å². The molecule has 2 amide bonds. The summed E-state index contributed by atoms with van der Waals surface area (Å²) >= 11 is 7.76. The molecule has 0 aliphatic rings. The molecule has 0 radical (unpaired) electrons. The molecule has 0 aliphatic carbocycles. The number of hydrogen-bond acceptors (Lipinski definition) is 3. The highest BCUT2D eigenvalue weighted by molar-refractivity contribution is 7.99. The SMILES string of the molecule is CCCCNC(=O)[C@@H](CC)N(Cc1ccc(C)cc1)C(=O)CSCc1ccccc1Cl. The van der Waals surface area contributed by atoms with E-state index in [-0.39, 0.29) is 11.8 Å². The molecule has 2 aromatic rings. The van der Waals surface area contributed by atoms with Crippen LogP contribution < -0.4 is 5.32 Å². The molecule has 0 aromatic heterocycles. The maximum atomic E-state index is 13.2. The lowest BCUT2D eigenvalue weighted by Gasteiger charge is -2.30. The van der Waals surface area contributed by atoms with Crippen molar-refractivity contribution in [1.29, 1.82) is 0 Å². The van der Waals surface area contributed by atoms with Crippen molar-refractivity contribution in [2.45, 2.75) is 58.4 Å². The van der Waals surface area contributed by atoms with Crippen LogP contribution in [0.2, 0.25) is 5.02 Å². The first-order chi connectivity index (χ1) is 15.0. The van der Waals surface area contributed by atoms with Gasteiger partial charge in [-0.1, -0.05) is 79.9 Å². The highest BCUT2D eigenvalue weighted by atomic mass is 35.5. The molecule has 0 aliphatic heterocycles.